The van der Waals surface area contributed by atoms with Crippen LogP contribution in [-0.4, -0.2) is 16.1 Å². The lowest BCUT2D eigenvalue weighted by Gasteiger charge is -2.10. The van der Waals surface area contributed by atoms with Gasteiger partial charge in [0.2, 0.25) is 0 Å². The third-order valence-corrected chi connectivity index (χ3v) is 2.40. The van der Waals surface area contributed by atoms with Crippen LogP contribution in [0, 0.1) is 0 Å². The molecule has 0 saturated carbocycles. The van der Waals surface area contributed by atoms with Crippen LogP contribution in [0.3, 0.4) is 0 Å². The number of rotatable bonds is 1. The Morgan fingerprint density at radius 3 is 3.08 bits per heavy atom. The summed E-state index contributed by atoms with van der Waals surface area (Å²) >= 11 is 0. The van der Waals surface area contributed by atoms with E-state index in [4.69, 9.17) is 9.73 Å². The van der Waals surface area contributed by atoms with Gasteiger partial charge < -0.3 is 9.73 Å². The van der Waals surface area contributed by atoms with Gasteiger partial charge in [-0.3, -0.25) is 0 Å². The van der Waals surface area contributed by atoms with Crippen molar-refractivity contribution < 1.29 is 9.73 Å². The highest BCUT2D eigenvalue weighted by molar-refractivity contribution is 6.02. The fourth-order valence-electron chi connectivity index (χ4n) is 1.74. The van der Waals surface area contributed by atoms with Crippen molar-refractivity contribution in [3.63, 3.8) is 0 Å². The van der Waals surface area contributed by atoms with Crippen molar-refractivity contribution in [1.82, 2.24) is 5.16 Å². The second-order valence-electron chi connectivity index (χ2n) is 3.18. The summed E-state index contributed by atoms with van der Waals surface area (Å²) in [5.41, 5.74) is 2.57. The van der Waals surface area contributed by atoms with Gasteiger partial charge >= 0.3 is 0 Å². The Hall–Kier alpha value is -1.32. The number of nitrogens with zero attached hydrogens (tertiary/aromatic N) is 2. The summed E-state index contributed by atoms with van der Waals surface area (Å²) in [6.45, 7) is 2.02. The minimum Gasteiger partial charge on any atom is -0.411 e. The Morgan fingerprint density at radius 2 is 2.38 bits per heavy atom. The maximum atomic E-state index is 8.79. The zero-order valence-corrected chi connectivity index (χ0v) is 7.58. The lowest BCUT2D eigenvalue weighted by molar-refractivity contribution is 0.316. The Morgan fingerprint density at radius 1 is 1.54 bits per heavy atom. The van der Waals surface area contributed by atoms with E-state index in [9.17, 15) is 0 Å². The highest BCUT2D eigenvalue weighted by Gasteiger charge is 2.24. The van der Waals surface area contributed by atoms with Crippen LogP contribution >= 0.6 is 0 Å². The molecule has 0 saturated heterocycles. The number of hydrogen-bond donors (Lipinski definition) is 1. The molecule has 0 unspecified atom stereocenters. The van der Waals surface area contributed by atoms with Crippen molar-refractivity contribution in [2.45, 2.75) is 32.6 Å². The van der Waals surface area contributed by atoms with Crippen LogP contribution in [-0.2, 0) is 12.8 Å². The molecule has 0 radical (unpaired) electrons. The van der Waals surface area contributed by atoms with Gasteiger partial charge in [0.15, 0.2) is 0 Å². The largest absolute Gasteiger partial charge is 0.411 e. The van der Waals surface area contributed by atoms with Crippen molar-refractivity contribution in [2.75, 3.05) is 0 Å². The molecule has 1 aliphatic carbocycles. The van der Waals surface area contributed by atoms with E-state index in [0.29, 0.717) is 0 Å². The van der Waals surface area contributed by atoms with Gasteiger partial charge in [-0.25, -0.2) is 0 Å². The Balaban J connectivity index is 2.51. The molecular weight excluding hydrogens is 168 g/mol. The van der Waals surface area contributed by atoms with Gasteiger partial charge in [-0.15, -0.1) is 0 Å². The van der Waals surface area contributed by atoms with Gasteiger partial charge in [0.05, 0.1) is 17.0 Å². The molecule has 1 heterocycles. The molecule has 0 atom stereocenters. The molecule has 2 rings (SSSR count). The van der Waals surface area contributed by atoms with Gasteiger partial charge in [0.1, 0.15) is 5.76 Å². The van der Waals surface area contributed by atoms with Crippen LogP contribution < -0.4 is 0 Å². The van der Waals surface area contributed by atoms with E-state index in [1.807, 2.05) is 6.92 Å². The average Bonchev–Trinajstić information content (AvgIpc) is 2.60. The topological polar surface area (TPSA) is 58.6 Å². The first kappa shape index (κ1) is 8.29. The molecule has 1 aliphatic rings. The van der Waals surface area contributed by atoms with E-state index < -0.39 is 0 Å². The van der Waals surface area contributed by atoms with Crippen LogP contribution in [0.2, 0.25) is 0 Å². The molecule has 13 heavy (non-hydrogen) atoms. The summed E-state index contributed by atoms with van der Waals surface area (Å²) in [7, 11) is 0. The number of aryl methyl sites for hydroxylation is 2. The summed E-state index contributed by atoms with van der Waals surface area (Å²) in [5, 5.41) is 16.0. The summed E-state index contributed by atoms with van der Waals surface area (Å²) in [6, 6.07) is 0. The maximum Gasteiger partial charge on any atom is 0.146 e. The lowest BCUT2D eigenvalue weighted by Crippen LogP contribution is -2.11. The SMILES string of the molecule is CCc1noc2c1/C(=N\O)CCC2. The van der Waals surface area contributed by atoms with Gasteiger partial charge in [-0.1, -0.05) is 17.2 Å². The van der Waals surface area contributed by atoms with E-state index >= 15 is 0 Å². The van der Waals surface area contributed by atoms with Crippen molar-refractivity contribution in [3.05, 3.63) is 17.0 Å². The normalized spacial score (nSPS) is 19.0. The zero-order chi connectivity index (χ0) is 9.26. The monoisotopic (exact) mass is 180 g/mol. The first-order valence-corrected chi connectivity index (χ1v) is 4.55. The van der Waals surface area contributed by atoms with Gasteiger partial charge in [0, 0.05) is 6.42 Å². The molecular formula is C9H12N2O2. The number of fused-ring (bicyclic) bond motifs is 1. The zero-order valence-electron chi connectivity index (χ0n) is 7.58. The van der Waals surface area contributed by atoms with E-state index in [0.717, 1.165) is 48.4 Å². The van der Waals surface area contributed by atoms with Crippen molar-refractivity contribution >= 4 is 5.71 Å². The fourth-order valence-corrected chi connectivity index (χ4v) is 1.74. The fraction of sp³-hybridized carbons (Fsp3) is 0.556. The molecule has 1 aromatic heterocycles. The maximum absolute atomic E-state index is 8.79. The average molecular weight is 180 g/mol. The molecule has 4 nitrogen and oxygen atoms in total. The molecule has 0 amide bonds. The first-order chi connectivity index (χ1) is 6.36. The van der Waals surface area contributed by atoms with Crippen molar-refractivity contribution in [1.29, 1.82) is 0 Å². The van der Waals surface area contributed by atoms with Gasteiger partial charge in [-0.2, -0.15) is 0 Å². The predicted octanol–water partition coefficient (Wildman–Crippen LogP) is 1.75. The molecule has 4 heteroatoms. The highest BCUT2D eigenvalue weighted by Crippen LogP contribution is 2.24. The van der Waals surface area contributed by atoms with Crippen molar-refractivity contribution in [2.24, 2.45) is 5.16 Å². The highest BCUT2D eigenvalue weighted by atomic mass is 16.5. The second kappa shape index (κ2) is 3.20. The molecule has 1 aromatic rings. The molecule has 0 bridgehead atoms. The summed E-state index contributed by atoms with van der Waals surface area (Å²) in [6.07, 6.45) is 3.52. The van der Waals surface area contributed by atoms with Crippen LogP contribution in [0.5, 0.6) is 0 Å². The summed E-state index contributed by atoms with van der Waals surface area (Å²) in [4.78, 5) is 0. The third kappa shape index (κ3) is 1.22. The predicted molar refractivity (Wildman–Crippen MR) is 47.1 cm³/mol. The lowest BCUT2D eigenvalue weighted by atomic mass is 9.94. The molecule has 70 valence electrons. The third-order valence-electron chi connectivity index (χ3n) is 2.40. The smallest absolute Gasteiger partial charge is 0.146 e. The standard InChI is InChI=1S/C9H12N2O2/c1-2-6-9-7(10-12)4-3-5-8(9)13-11-6/h12H,2-5H2,1H3/b10-7-. The molecule has 0 spiro atoms. The molecule has 1 N–H and O–H groups in total. The summed E-state index contributed by atoms with van der Waals surface area (Å²) < 4.78 is 5.17. The van der Waals surface area contributed by atoms with E-state index in [1.54, 1.807) is 0 Å². The van der Waals surface area contributed by atoms with Crippen LogP contribution in [0.1, 0.15) is 36.8 Å². The van der Waals surface area contributed by atoms with Crippen LogP contribution in [0.15, 0.2) is 9.68 Å². The number of oxime groups is 1. The Bertz CT molecular complexity index is 328. The van der Waals surface area contributed by atoms with E-state index in [1.165, 1.54) is 0 Å². The number of hydrogen-bond acceptors (Lipinski definition) is 4. The minimum atomic E-state index is 0.722. The number of aromatic nitrogens is 1. The second-order valence-corrected chi connectivity index (χ2v) is 3.18. The molecule has 0 fully saturated rings. The van der Waals surface area contributed by atoms with Crippen LogP contribution in [0.25, 0.3) is 0 Å². The summed E-state index contributed by atoms with van der Waals surface area (Å²) in [5.74, 6) is 0.871. The van der Waals surface area contributed by atoms with Crippen molar-refractivity contribution in [3.8, 4) is 0 Å². The molecule has 0 aliphatic heterocycles. The van der Waals surface area contributed by atoms with Crippen LogP contribution in [0.4, 0.5) is 0 Å². The Kier molecular flexibility index (Phi) is 2.04. The van der Waals surface area contributed by atoms with Gasteiger partial charge in [0.25, 0.3) is 0 Å². The minimum absolute atomic E-state index is 0.722. The quantitative estimate of drug-likeness (QED) is 0.529. The van der Waals surface area contributed by atoms with Gasteiger partial charge in [-0.05, 0) is 19.3 Å². The van der Waals surface area contributed by atoms with E-state index in [-0.39, 0.29) is 0 Å². The Labute approximate surface area is 76.2 Å². The molecule has 0 aromatic carbocycles. The van der Waals surface area contributed by atoms with E-state index in [2.05, 4.69) is 10.3 Å². The first-order valence-electron chi connectivity index (χ1n) is 4.55.